The number of carbonyl (C=O) groups is 2. The molecule has 2 N–H and O–H groups in total. The summed E-state index contributed by atoms with van der Waals surface area (Å²) in [6, 6.07) is 6.62. The van der Waals surface area contributed by atoms with Gasteiger partial charge in [0.25, 0.3) is 11.8 Å². The molecule has 0 unspecified atom stereocenters. The van der Waals surface area contributed by atoms with E-state index in [0.29, 0.717) is 29.8 Å². The standard InChI is InChI=1S/C22H20FN5O2S/c1-12-9-14(11-26-16(12)10-24)27-20(30)22(7-3-4-8-22)28(21(27)31)17-6-5-15(19(25)29)18(23)13(17)2/h5-6,9,11H,3-4,7-8H2,1-2H3,(H2,25,29). The monoisotopic (exact) mass is 437 g/mol. The number of carbonyl (C=O) groups excluding carboxylic acids is 2. The minimum Gasteiger partial charge on any atom is -0.366 e. The fourth-order valence-electron chi connectivity index (χ4n) is 4.54. The first kappa shape index (κ1) is 20.9. The molecule has 2 aliphatic rings. The Bertz CT molecular complexity index is 1180. The molecule has 2 heterocycles. The summed E-state index contributed by atoms with van der Waals surface area (Å²) in [6.45, 7) is 3.28. The van der Waals surface area contributed by atoms with Crippen LogP contribution in [0.5, 0.6) is 0 Å². The van der Waals surface area contributed by atoms with Crippen molar-refractivity contribution in [2.45, 2.75) is 45.1 Å². The predicted octanol–water partition coefficient (Wildman–Crippen LogP) is 3.26. The summed E-state index contributed by atoms with van der Waals surface area (Å²) < 4.78 is 14.9. The number of primary amides is 1. The molecule has 2 aromatic rings. The van der Waals surface area contributed by atoms with Crippen molar-refractivity contribution in [3.05, 3.63) is 52.6 Å². The number of thiocarbonyl (C=S) groups is 1. The van der Waals surface area contributed by atoms with E-state index in [0.717, 1.165) is 12.8 Å². The molecule has 2 fully saturated rings. The molecule has 31 heavy (non-hydrogen) atoms. The normalized spacial score (nSPS) is 17.5. The van der Waals surface area contributed by atoms with Gasteiger partial charge in [-0.25, -0.2) is 9.37 Å². The lowest BCUT2D eigenvalue weighted by Crippen LogP contribution is -2.48. The van der Waals surface area contributed by atoms with E-state index in [4.69, 9.17) is 23.2 Å². The minimum atomic E-state index is -0.926. The predicted molar refractivity (Wildman–Crippen MR) is 117 cm³/mol. The Morgan fingerprint density at radius 3 is 2.58 bits per heavy atom. The zero-order valence-electron chi connectivity index (χ0n) is 17.1. The highest BCUT2D eigenvalue weighted by atomic mass is 32.1. The molecule has 4 rings (SSSR count). The topological polar surface area (TPSA) is 103 Å². The summed E-state index contributed by atoms with van der Waals surface area (Å²) in [5.41, 5.74) is 6.15. The molecule has 7 nitrogen and oxygen atoms in total. The van der Waals surface area contributed by atoms with Crippen LogP contribution in [-0.2, 0) is 4.79 Å². The lowest BCUT2D eigenvalue weighted by molar-refractivity contribution is -0.121. The summed E-state index contributed by atoms with van der Waals surface area (Å²) in [4.78, 5) is 32.5. The van der Waals surface area contributed by atoms with E-state index in [1.807, 2.05) is 6.07 Å². The molecule has 1 aromatic carbocycles. The molecule has 1 saturated heterocycles. The van der Waals surface area contributed by atoms with Crippen molar-refractivity contribution in [3.8, 4) is 6.07 Å². The number of hydrogen-bond donors (Lipinski definition) is 1. The SMILES string of the molecule is Cc1cc(N2C(=O)C3(CCCC3)N(c3ccc(C(N)=O)c(F)c3C)C2=S)cnc1C#N. The van der Waals surface area contributed by atoms with E-state index in [-0.39, 0.29) is 27.8 Å². The van der Waals surface area contributed by atoms with Crippen LogP contribution in [0.1, 0.15) is 52.9 Å². The van der Waals surface area contributed by atoms with Crippen molar-refractivity contribution in [1.82, 2.24) is 4.98 Å². The Morgan fingerprint density at radius 1 is 1.32 bits per heavy atom. The van der Waals surface area contributed by atoms with E-state index < -0.39 is 17.3 Å². The fraction of sp³-hybridized carbons (Fsp3) is 0.318. The highest BCUT2D eigenvalue weighted by Gasteiger charge is 2.57. The van der Waals surface area contributed by atoms with Gasteiger partial charge in [0.1, 0.15) is 23.1 Å². The first-order chi connectivity index (χ1) is 14.7. The van der Waals surface area contributed by atoms with Crippen LogP contribution in [-0.4, -0.2) is 27.4 Å². The van der Waals surface area contributed by atoms with Gasteiger partial charge in [0, 0.05) is 5.56 Å². The molecular weight excluding hydrogens is 417 g/mol. The third-order valence-electron chi connectivity index (χ3n) is 6.13. The quantitative estimate of drug-likeness (QED) is 0.740. The number of aromatic nitrogens is 1. The van der Waals surface area contributed by atoms with Crippen molar-refractivity contribution in [1.29, 1.82) is 5.26 Å². The van der Waals surface area contributed by atoms with Crippen molar-refractivity contribution < 1.29 is 14.0 Å². The van der Waals surface area contributed by atoms with Gasteiger partial charge in [0.2, 0.25) is 0 Å². The van der Waals surface area contributed by atoms with Crippen LogP contribution in [0.2, 0.25) is 0 Å². The summed E-state index contributed by atoms with van der Waals surface area (Å²) >= 11 is 5.73. The van der Waals surface area contributed by atoms with Crippen LogP contribution in [0.3, 0.4) is 0 Å². The number of halogens is 1. The molecule has 1 aromatic heterocycles. The molecule has 2 amide bonds. The Morgan fingerprint density at radius 2 is 2.00 bits per heavy atom. The smallest absolute Gasteiger partial charge is 0.259 e. The minimum absolute atomic E-state index is 0.195. The van der Waals surface area contributed by atoms with Gasteiger partial charge in [-0.3, -0.25) is 14.5 Å². The number of nitrogens with two attached hydrogens (primary N) is 1. The van der Waals surface area contributed by atoms with Crippen LogP contribution in [0.15, 0.2) is 24.4 Å². The average Bonchev–Trinajstić information content (AvgIpc) is 3.29. The van der Waals surface area contributed by atoms with Crippen molar-refractivity contribution in [3.63, 3.8) is 0 Å². The number of amides is 2. The van der Waals surface area contributed by atoms with Gasteiger partial charge in [-0.2, -0.15) is 5.26 Å². The van der Waals surface area contributed by atoms with E-state index in [2.05, 4.69) is 4.98 Å². The highest BCUT2D eigenvalue weighted by molar-refractivity contribution is 7.81. The second kappa shape index (κ2) is 7.39. The molecule has 9 heteroatoms. The van der Waals surface area contributed by atoms with Crippen molar-refractivity contribution in [2.24, 2.45) is 5.73 Å². The van der Waals surface area contributed by atoms with Gasteiger partial charge >= 0.3 is 0 Å². The zero-order chi connectivity index (χ0) is 22.5. The fourth-order valence-corrected chi connectivity index (χ4v) is 5.00. The molecule has 1 spiro atoms. The van der Waals surface area contributed by atoms with E-state index in [9.17, 15) is 14.0 Å². The number of anilines is 2. The third kappa shape index (κ3) is 2.98. The Kier molecular flexibility index (Phi) is 4.98. The number of pyridine rings is 1. The number of benzene rings is 1. The van der Waals surface area contributed by atoms with Crippen LogP contribution in [0, 0.1) is 31.0 Å². The molecule has 1 aliphatic heterocycles. The summed E-state index contributed by atoms with van der Waals surface area (Å²) in [6.07, 6.45) is 4.27. The van der Waals surface area contributed by atoms with Gasteiger partial charge in [0.15, 0.2) is 5.11 Å². The molecule has 0 radical (unpaired) electrons. The maximum absolute atomic E-state index is 14.9. The first-order valence-corrected chi connectivity index (χ1v) is 10.3. The Balaban J connectivity index is 1.87. The molecule has 1 aliphatic carbocycles. The molecule has 1 saturated carbocycles. The number of rotatable bonds is 3. The van der Waals surface area contributed by atoms with Crippen LogP contribution < -0.4 is 15.5 Å². The summed E-state index contributed by atoms with van der Waals surface area (Å²) in [5.74, 6) is -1.77. The van der Waals surface area contributed by atoms with Crippen molar-refractivity contribution >= 4 is 40.5 Å². The van der Waals surface area contributed by atoms with Gasteiger partial charge in [-0.15, -0.1) is 0 Å². The number of nitrogens with zero attached hydrogens (tertiary/aromatic N) is 4. The first-order valence-electron chi connectivity index (χ1n) is 9.87. The summed E-state index contributed by atoms with van der Waals surface area (Å²) in [7, 11) is 0. The second-order valence-electron chi connectivity index (χ2n) is 7.90. The molecular formula is C22H20FN5O2S. The van der Waals surface area contributed by atoms with Crippen LogP contribution in [0.4, 0.5) is 15.8 Å². The largest absolute Gasteiger partial charge is 0.366 e. The number of nitriles is 1. The van der Waals surface area contributed by atoms with Gasteiger partial charge in [-0.05, 0) is 62.7 Å². The maximum atomic E-state index is 14.9. The lowest BCUT2D eigenvalue weighted by atomic mass is 9.93. The van der Waals surface area contributed by atoms with Crippen LogP contribution in [0.25, 0.3) is 0 Å². The van der Waals surface area contributed by atoms with E-state index in [1.165, 1.54) is 17.2 Å². The van der Waals surface area contributed by atoms with E-state index in [1.54, 1.807) is 30.9 Å². The number of hydrogen-bond acceptors (Lipinski definition) is 5. The Hall–Kier alpha value is -3.38. The number of aryl methyl sites for hydroxylation is 1. The van der Waals surface area contributed by atoms with Crippen LogP contribution >= 0.6 is 12.2 Å². The highest BCUT2D eigenvalue weighted by Crippen LogP contribution is 2.47. The van der Waals surface area contributed by atoms with Gasteiger partial charge < -0.3 is 10.6 Å². The van der Waals surface area contributed by atoms with Crippen molar-refractivity contribution in [2.75, 3.05) is 9.80 Å². The molecule has 158 valence electrons. The maximum Gasteiger partial charge on any atom is 0.259 e. The second-order valence-corrected chi connectivity index (χ2v) is 8.27. The molecule has 0 atom stereocenters. The van der Waals surface area contributed by atoms with Gasteiger partial charge in [-0.1, -0.05) is 12.8 Å². The third-order valence-corrected chi connectivity index (χ3v) is 6.50. The summed E-state index contributed by atoms with van der Waals surface area (Å²) in [5, 5.41) is 9.37. The molecule has 0 bridgehead atoms. The Labute approximate surface area is 184 Å². The average molecular weight is 438 g/mol. The lowest BCUT2D eigenvalue weighted by Gasteiger charge is -2.34. The van der Waals surface area contributed by atoms with E-state index >= 15 is 0 Å². The zero-order valence-corrected chi connectivity index (χ0v) is 17.9. The van der Waals surface area contributed by atoms with Gasteiger partial charge in [0.05, 0.1) is 23.1 Å².